The van der Waals surface area contributed by atoms with Crippen LogP contribution in [0.15, 0.2) is 0 Å². The minimum absolute atomic E-state index is 0.163. The van der Waals surface area contributed by atoms with E-state index in [1.165, 1.54) is 0 Å². The number of ketones is 1. The SMILES string of the molecule is CC1(N2CCOCC2)CCCC1=O. The second-order valence-corrected chi connectivity index (χ2v) is 4.15. The van der Waals surface area contributed by atoms with Crippen molar-refractivity contribution in [3.63, 3.8) is 0 Å². The summed E-state index contributed by atoms with van der Waals surface area (Å²) in [6.07, 6.45) is 2.87. The van der Waals surface area contributed by atoms with Crippen LogP contribution in [0, 0.1) is 0 Å². The van der Waals surface area contributed by atoms with Crippen molar-refractivity contribution in [2.75, 3.05) is 26.3 Å². The molecule has 0 aromatic rings. The van der Waals surface area contributed by atoms with Crippen LogP contribution in [0.2, 0.25) is 0 Å². The molecule has 1 heterocycles. The first-order valence-corrected chi connectivity index (χ1v) is 5.09. The van der Waals surface area contributed by atoms with Gasteiger partial charge in [-0.25, -0.2) is 0 Å². The zero-order valence-electron chi connectivity index (χ0n) is 8.21. The normalized spacial score (nSPS) is 36.8. The number of hydrogen-bond donors (Lipinski definition) is 0. The Morgan fingerprint density at radius 1 is 1.38 bits per heavy atom. The van der Waals surface area contributed by atoms with Gasteiger partial charge >= 0.3 is 0 Å². The molecule has 1 saturated heterocycles. The molecule has 0 radical (unpaired) electrons. The van der Waals surface area contributed by atoms with Crippen LogP contribution < -0.4 is 0 Å². The van der Waals surface area contributed by atoms with Crippen LogP contribution in [0.4, 0.5) is 0 Å². The van der Waals surface area contributed by atoms with E-state index in [1.54, 1.807) is 0 Å². The van der Waals surface area contributed by atoms with Crippen LogP contribution in [0.5, 0.6) is 0 Å². The second kappa shape index (κ2) is 3.39. The zero-order chi connectivity index (χ0) is 9.31. The number of rotatable bonds is 1. The monoisotopic (exact) mass is 183 g/mol. The van der Waals surface area contributed by atoms with Crippen LogP contribution in [-0.2, 0) is 9.53 Å². The lowest BCUT2D eigenvalue weighted by Crippen LogP contribution is -2.54. The highest BCUT2D eigenvalue weighted by atomic mass is 16.5. The maximum Gasteiger partial charge on any atom is 0.152 e. The van der Waals surface area contributed by atoms with E-state index in [0.717, 1.165) is 45.6 Å². The molecule has 74 valence electrons. The van der Waals surface area contributed by atoms with Gasteiger partial charge in [0.15, 0.2) is 5.78 Å². The predicted octanol–water partition coefficient (Wildman–Crippen LogP) is 0.830. The standard InChI is InChI=1S/C10H17NO2/c1-10(4-2-3-9(10)12)11-5-7-13-8-6-11/h2-8H2,1H3. The molecule has 1 aliphatic carbocycles. The number of hydrogen-bond acceptors (Lipinski definition) is 3. The molecule has 0 amide bonds. The van der Waals surface area contributed by atoms with Crippen molar-refractivity contribution < 1.29 is 9.53 Å². The summed E-state index contributed by atoms with van der Waals surface area (Å²) in [5.41, 5.74) is -0.163. The second-order valence-electron chi connectivity index (χ2n) is 4.15. The molecule has 2 rings (SSSR count). The number of ether oxygens (including phenoxy) is 1. The minimum Gasteiger partial charge on any atom is -0.379 e. The van der Waals surface area contributed by atoms with Crippen molar-refractivity contribution in [3.05, 3.63) is 0 Å². The van der Waals surface area contributed by atoms with Crippen molar-refractivity contribution in [2.24, 2.45) is 0 Å². The molecule has 3 heteroatoms. The largest absolute Gasteiger partial charge is 0.379 e. The summed E-state index contributed by atoms with van der Waals surface area (Å²) in [5, 5.41) is 0. The summed E-state index contributed by atoms with van der Waals surface area (Å²) >= 11 is 0. The molecule has 0 aromatic heterocycles. The predicted molar refractivity (Wildman–Crippen MR) is 49.7 cm³/mol. The van der Waals surface area contributed by atoms with E-state index in [4.69, 9.17) is 4.74 Å². The Morgan fingerprint density at radius 3 is 2.62 bits per heavy atom. The van der Waals surface area contributed by atoms with Crippen LogP contribution in [0.1, 0.15) is 26.2 Å². The molecular formula is C10H17NO2. The lowest BCUT2D eigenvalue weighted by molar-refractivity contribution is -0.130. The fourth-order valence-electron chi connectivity index (χ4n) is 2.39. The van der Waals surface area contributed by atoms with E-state index in [-0.39, 0.29) is 5.54 Å². The third kappa shape index (κ3) is 1.51. The van der Waals surface area contributed by atoms with Gasteiger partial charge in [0.1, 0.15) is 0 Å². The van der Waals surface area contributed by atoms with Gasteiger partial charge in [-0.3, -0.25) is 9.69 Å². The average molecular weight is 183 g/mol. The highest BCUT2D eigenvalue weighted by Gasteiger charge is 2.42. The molecule has 0 aromatic carbocycles. The Labute approximate surface area is 79.0 Å². The van der Waals surface area contributed by atoms with Gasteiger partial charge in [-0.15, -0.1) is 0 Å². The summed E-state index contributed by atoms with van der Waals surface area (Å²) in [6, 6.07) is 0. The smallest absolute Gasteiger partial charge is 0.152 e. The lowest BCUT2D eigenvalue weighted by atomic mass is 9.96. The summed E-state index contributed by atoms with van der Waals surface area (Å²) in [7, 11) is 0. The Bertz CT molecular complexity index is 211. The maximum atomic E-state index is 11.7. The summed E-state index contributed by atoms with van der Waals surface area (Å²) < 4.78 is 5.29. The van der Waals surface area contributed by atoms with Gasteiger partial charge in [0.25, 0.3) is 0 Å². The number of morpholine rings is 1. The first-order chi connectivity index (χ1) is 6.23. The molecule has 0 bridgehead atoms. The van der Waals surface area contributed by atoms with Crippen LogP contribution in [0.3, 0.4) is 0 Å². The third-order valence-corrected chi connectivity index (χ3v) is 3.38. The number of Topliss-reactive ketones (excluding diaryl/α,β-unsaturated/α-hetero) is 1. The minimum atomic E-state index is -0.163. The highest BCUT2D eigenvalue weighted by Crippen LogP contribution is 2.32. The van der Waals surface area contributed by atoms with E-state index in [9.17, 15) is 4.79 Å². The molecular weight excluding hydrogens is 166 g/mol. The van der Waals surface area contributed by atoms with Gasteiger partial charge in [-0.1, -0.05) is 0 Å². The van der Waals surface area contributed by atoms with Gasteiger partial charge in [-0.2, -0.15) is 0 Å². The summed E-state index contributed by atoms with van der Waals surface area (Å²) in [4.78, 5) is 14.0. The molecule has 1 aliphatic heterocycles. The lowest BCUT2D eigenvalue weighted by Gasteiger charge is -2.39. The van der Waals surface area contributed by atoms with E-state index in [1.807, 2.05) is 0 Å². The highest BCUT2D eigenvalue weighted by molar-refractivity contribution is 5.89. The first-order valence-electron chi connectivity index (χ1n) is 5.09. The third-order valence-electron chi connectivity index (χ3n) is 3.38. The van der Waals surface area contributed by atoms with Gasteiger partial charge in [0, 0.05) is 19.5 Å². The van der Waals surface area contributed by atoms with Gasteiger partial charge in [0.2, 0.25) is 0 Å². The number of carbonyl (C=O) groups excluding carboxylic acids is 1. The molecule has 1 saturated carbocycles. The molecule has 1 atom stereocenters. The van der Waals surface area contributed by atoms with Gasteiger partial charge in [0.05, 0.1) is 18.8 Å². The first kappa shape index (κ1) is 9.16. The molecule has 0 spiro atoms. The zero-order valence-corrected chi connectivity index (χ0v) is 8.21. The molecule has 3 nitrogen and oxygen atoms in total. The Morgan fingerprint density at radius 2 is 2.08 bits per heavy atom. The van der Waals surface area contributed by atoms with Crippen molar-refractivity contribution in [1.82, 2.24) is 4.90 Å². The number of carbonyl (C=O) groups is 1. The summed E-state index contributed by atoms with van der Waals surface area (Å²) in [5.74, 6) is 0.425. The molecule has 1 unspecified atom stereocenters. The summed E-state index contributed by atoms with van der Waals surface area (Å²) in [6.45, 7) is 5.49. The Hall–Kier alpha value is -0.410. The number of nitrogens with zero attached hydrogens (tertiary/aromatic N) is 1. The van der Waals surface area contributed by atoms with Crippen LogP contribution in [0.25, 0.3) is 0 Å². The molecule has 2 aliphatic rings. The van der Waals surface area contributed by atoms with E-state index in [2.05, 4.69) is 11.8 Å². The van der Waals surface area contributed by atoms with E-state index in [0.29, 0.717) is 5.78 Å². The molecule has 13 heavy (non-hydrogen) atoms. The Kier molecular flexibility index (Phi) is 2.39. The maximum absolute atomic E-state index is 11.7. The van der Waals surface area contributed by atoms with E-state index >= 15 is 0 Å². The Balaban J connectivity index is 2.08. The fourth-order valence-corrected chi connectivity index (χ4v) is 2.39. The van der Waals surface area contributed by atoms with Gasteiger partial charge in [-0.05, 0) is 19.8 Å². The molecule has 0 N–H and O–H groups in total. The van der Waals surface area contributed by atoms with Crippen LogP contribution in [-0.4, -0.2) is 42.5 Å². The van der Waals surface area contributed by atoms with Crippen molar-refractivity contribution >= 4 is 5.78 Å². The topological polar surface area (TPSA) is 29.5 Å². The molecule has 2 fully saturated rings. The fraction of sp³-hybridized carbons (Fsp3) is 0.900. The van der Waals surface area contributed by atoms with Crippen molar-refractivity contribution in [1.29, 1.82) is 0 Å². The quantitative estimate of drug-likeness (QED) is 0.603. The van der Waals surface area contributed by atoms with Gasteiger partial charge < -0.3 is 4.74 Å². The van der Waals surface area contributed by atoms with Crippen LogP contribution >= 0.6 is 0 Å². The van der Waals surface area contributed by atoms with Crippen molar-refractivity contribution in [3.8, 4) is 0 Å². The average Bonchev–Trinajstić information content (AvgIpc) is 2.50. The van der Waals surface area contributed by atoms with Crippen molar-refractivity contribution in [2.45, 2.75) is 31.7 Å². The van der Waals surface area contributed by atoms with E-state index < -0.39 is 0 Å².